The highest BCUT2D eigenvalue weighted by atomic mass is 16.3. The van der Waals surface area contributed by atoms with Crippen LogP contribution in [0.15, 0.2) is 84.9 Å². The van der Waals surface area contributed by atoms with Gasteiger partial charge in [0.25, 0.3) is 0 Å². The monoisotopic (exact) mass is 428 g/mol. The van der Waals surface area contributed by atoms with Crippen molar-refractivity contribution >= 4 is 33.4 Å². The van der Waals surface area contributed by atoms with Gasteiger partial charge in [-0.05, 0) is 32.7 Å². The van der Waals surface area contributed by atoms with Gasteiger partial charge in [0.05, 0.1) is 25.3 Å². The molecule has 0 saturated heterocycles. The number of nitrogens with one attached hydrogen (secondary N) is 2. The van der Waals surface area contributed by atoms with Gasteiger partial charge in [0.2, 0.25) is 0 Å². The quantitative estimate of drug-likeness (QED) is 0.355. The zero-order chi connectivity index (χ0) is 22.5. The van der Waals surface area contributed by atoms with E-state index in [2.05, 4.69) is 10.6 Å². The average Bonchev–Trinajstić information content (AvgIpc) is 2.85. The Bertz CT molecular complexity index is 1160. The first kappa shape index (κ1) is 21.5. The number of hydrogen-bond acceptors (Lipinski definition) is 4. The van der Waals surface area contributed by atoms with Gasteiger partial charge >= 0.3 is 11.8 Å². The fourth-order valence-electron chi connectivity index (χ4n) is 4.00. The zero-order valence-corrected chi connectivity index (χ0v) is 17.4. The molecule has 0 heterocycles. The predicted molar refractivity (Wildman–Crippen MR) is 124 cm³/mol. The molecule has 0 saturated carbocycles. The Kier molecular flexibility index (Phi) is 6.44. The molecule has 0 radical (unpaired) electrons. The number of amides is 2. The number of benzene rings is 4. The van der Waals surface area contributed by atoms with Crippen LogP contribution in [0.1, 0.15) is 23.2 Å². The molecule has 0 aliphatic carbocycles. The fraction of sp³-hybridized carbons (Fsp3) is 0.154. The lowest BCUT2D eigenvalue weighted by Crippen LogP contribution is -2.44. The van der Waals surface area contributed by atoms with Crippen LogP contribution in [0.4, 0.5) is 0 Å². The zero-order valence-electron chi connectivity index (χ0n) is 17.4. The van der Waals surface area contributed by atoms with Gasteiger partial charge in [-0.1, -0.05) is 84.9 Å². The van der Waals surface area contributed by atoms with E-state index in [0.29, 0.717) is 0 Å². The van der Waals surface area contributed by atoms with E-state index in [4.69, 9.17) is 0 Å². The average molecular weight is 428 g/mol. The van der Waals surface area contributed by atoms with Crippen molar-refractivity contribution < 1.29 is 19.8 Å². The van der Waals surface area contributed by atoms with Crippen molar-refractivity contribution in [1.29, 1.82) is 0 Å². The van der Waals surface area contributed by atoms with Gasteiger partial charge in [-0.2, -0.15) is 0 Å². The molecule has 0 aliphatic rings. The van der Waals surface area contributed by atoms with Crippen LogP contribution < -0.4 is 10.6 Å². The van der Waals surface area contributed by atoms with Crippen molar-refractivity contribution in [2.45, 2.75) is 12.1 Å². The third-order valence-corrected chi connectivity index (χ3v) is 5.58. The fourth-order valence-corrected chi connectivity index (χ4v) is 4.00. The van der Waals surface area contributed by atoms with Crippen LogP contribution in [0.5, 0.6) is 0 Å². The second-order valence-electron chi connectivity index (χ2n) is 7.55. The van der Waals surface area contributed by atoms with E-state index in [1.807, 2.05) is 84.9 Å². The molecule has 32 heavy (non-hydrogen) atoms. The van der Waals surface area contributed by atoms with E-state index in [1.165, 1.54) is 0 Å². The Morgan fingerprint density at radius 2 is 0.969 bits per heavy atom. The first-order valence-electron chi connectivity index (χ1n) is 10.4. The van der Waals surface area contributed by atoms with Crippen LogP contribution in [-0.4, -0.2) is 35.2 Å². The van der Waals surface area contributed by atoms with Gasteiger partial charge in [0.1, 0.15) is 0 Å². The van der Waals surface area contributed by atoms with Gasteiger partial charge in [-0.3, -0.25) is 9.59 Å². The summed E-state index contributed by atoms with van der Waals surface area (Å²) in [6, 6.07) is 25.0. The Labute approximate surface area is 185 Å². The molecule has 2 atom stereocenters. The van der Waals surface area contributed by atoms with Gasteiger partial charge < -0.3 is 20.8 Å². The summed E-state index contributed by atoms with van der Waals surface area (Å²) in [5, 5.41) is 28.8. The summed E-state index contributed by atoms with van der Waals surface area (Å²) >= 11 is 0. The maximum atomic E-state index is 12.7. The van der Waals surface area contributed by atoms with Crippen molar-refractivity contribution in [2.75, 3.05) is 13.2 Å². The number of carbonyl (C=O) groups excluding carboxylic acids is 2. The minimum atomic E-state index is -0.879. The summed E-state index contributed by atoms with van der Waals surface area (Å²) in [4.78, 5) is 25.3. The molecule has 2 amide bonds. The summed E-state index contributed by atoms with van der Waals surface area (Å²) < 4.78 is 0. The van der Waals surface area contributed by atoms with E-state index >= 15 is 0 Å². The lowest BCUT2D eigenvalue weighted by molar-refractivity contribution is -0.140. The first-order chi connectivity index (χ1) is 15.6. The maximum Gasteiger partial charge on any atom is 0.309 e. The molecule has 0 aliphatic heterocycles. The van der Waals surface area contributed by atoms with Crippen LogP contribution in [0.3, 0.4) is 0 Å². The Balaban J connectivity index is 1.53. The normalized spacial score (nSPS) is 12.9. The summed E-state index contributed by atoms with van der Waals surface area (Å²) in [6.07, 6.45) is 0. The molecule has 0 spiro atoms. The third-order valence-electron chi connectivity index (χ3n) is 5.58. The van der Waals surface area contributed by atoms with Gasteiger partial charge in [-0.15, -0.1) is 0 Å². The summed E-state index contributed by atoms with van der Waals surface area (Å²) in [5.74, 6) is -1.76. The van der Waals surface area contributed by atoms with Crippen LogP contribution in [0.25, 0.3) is 21.5 Å². The van der Waals surface area contributed by atoms with Crippen molar-refractivity contribution in [2.24, 2.45) is 0 Å². The largest absolute Gasteiger partial charge is 0.394 e. The molecular formula is C26H24N2O4. The number of aliphatic hydroxyl groups excluding tert-OH is 2. The highest BCUT2D eigenvalue weighted by molar-refractivity contribution is 6.35. The standard InChI is InChI=1S/C26H24N2O4/c29-15-23(21-13-5-9-17-7-1-3-11-19(17)21)27-25(31)26(32)28-24(16-30)22-14-6-10-18-8-2-4-12-20(18)22/h1-14,23-24,29-30H,15-16H2,(H,27,31)(H,28,32)/t23-,24-/m0/s1. The molecule has 4 rings (SSSR count). The van der Waals surface area contributed by atoms with Gasteiger partial charge in [0, 0.05) is 0 Å². The molecule has 0 fully saturated rings. The van der Waals surface area contributed by atoms with Gasteiger partial charge in [0.15, 0.2) is 0 Å². The molecule has 6 nitrogen and oxygen atoms in total. The van der Waals surface area contributed by atoms with Crippen molar-refractivity contribution in [3.05, 3.63) is 96.1 Å². The number of fused-ring (bicyclic) bond motifs is 2. The smallest absolute Gasteiger partial charge is 0.309 e. The first-order valence-corrected chi connectivity index (χ1v) is 10.4. The lowest BCUT2D eigenvalue weighted by Gasteiger charge is -2.21. The van der Waals surface area contributed by atoms with Crippen LogP contribution in [-0.2, 0) is 9.59 Å². The topological polar surface area (TPSA) is 98.7 Å². The summed E-state index contributed by atoms with van der Waals surface area (Å²) in [5.41, 5.74) is 1.44. The molecule has 162 valence electrons. The third kappa shape index (κ3) is 4.32. The van der Waals surface area contributed by atoms with E-state index in [0.717, 1.165) is 32.7 Å². The van der Waals surface area contributed by atoms with Crippen LogP contribution in [0, 0.1) is 0 Å². The minimum Gasteiger partial charge on any atom is -0.394 e. The number of aliphatic hydroxyl groups is 2. The lowest BCUT2D eigenvalue weighted by atomic mass is 9.98. The Hall–Kier alpha value is -3.74. The summed E-state index contributed by atoms with van der Waals surface area (Å²) in [6.45, 7) is -0.723. The molecule has 0 bridgehead atoms. The van der Waals surface area contributed by atoms with E-state index in [1.54, 1.807) is 0 Å². The molecule has 0 unspecified atom stereocenters. The number of rotatable bonds is 6. The molecule has 4 N–H and O–H groups in total. The van der Waals surface area contributed by atoms with Crippen molar-refractivity contribution in [3.8, 4) is 0 Å². The second-order valence-corrected chi connectivity index (χ2v) is 7.55. The van der Waals surface area contributed by atoms with Crippen LogP contribution >= 0.6 is 0 Å². The molecule has 6 heteroatoms. The van der Waals surface area contributed by atoms with Crippen molar-refractivity contribution in [3.63, 3.8) is 0 Å². The van der Waals surface area contributed by atoms with Crippen LogP contribution in [0.2, 0.25) is 0 Å². The maximum absolute atomic E-state index is 12.7. The highest BCUT2D eigenvalue weighted by Gasteiger charge is 2.24. The predicted octanol–water partition coefficient (Wildman–Crippen LogP) is 2.99. The number of carbonyl (C=O) groups is 2. The molecule has 4 aromatic rings. The second kappa shape index (κ2) is 9.60. The molecule has 0 aromatic heterocycles. The molecular weight excluding hydrogens is 404 g/mol. The SMILES string of the molecule is O=C(N[C@@H](CO)c1cccc2ccccc12)C(=O)N[C@@H](CO)c1cccc2ccccc12. The summed E-state index contributed by atoms with van der Waals surface area (Å²) in [7, 11) is 0. The Morgan fingerprint density at radius 3 is 1.38 bits per heavy atom. The van der Waals surface area contributed by atoms with Crippen molar-refractivity contribution in [1.82, 2.24) is 10.6 Å². The molecule has 4 aromatic carbocycles. The minimum absolute atomic E-state index is 0.361. The highest BCUT2D eigenvalue weighted by Crippen LogP contribution is 2.25. The van der Waals surface area contributed by atoms with Gasteiger partial charge in [-0.25, -0.2) is 0 Å². The Morgan fingerprint density at radius 1 is 0.594 bits per heavy atom. The van der Waals surface area contributed by atoms with E-state index in [9.17, 15) is 19.8 Å². The van der Waals surface area contributed by atoms with E-state index in [-0.39, 0.29) is 13.2 Å². The number of hydrogen-bond donors (Lipinski definition) is 4. The van der Waals surface area contributed by atoms with E-state index < -0.39 is 23.9 Å².